The van der Waals surface area contributed by atoms with Gasteiger partial charge in [-0.25, -0.2) is 9.56 Å². The zero-order valence-electron chi connectivity index (χ0n) is 5.79. The Kier molecular flexibility index (Phi) is 13.3. The van der Waals surface area contributed by atoms with E-state index in [9.17, 15) is 4.89 Å². The van der Waals surface area contributed by atoms with Gasteiger partial charge < -0.3 is 9.42 Å². The van der Waals surface area contributed by atoms with Gasteiger partial charge in [-0.2, -0.15) is 0 Å². The third-order valence-corrected chi connectivity index (χ3v) is 1.11. The molecule has 0 fully saturated rings. The Morgan fingerprint density at radius 1 is 1.56 bits per heavy atom. The molecule has 0 aromatic rings. The molecule has 0 saturated heterocycles. The van der Waals surface area contributed by atoms with E-state index in [-0.39, 0.29) is 29.6 Å². The van der Waals surface area contributed by atoms with Gasteiger partial charge in [0.2, 0.25) is 0 Å². The normalized spacial score (nSPS) is 12.3. The number of rotatable bonds is 4. The van der Waals surface area contributed by atoms with E-state index in [1.807, 2.05) is 0 Å². The topological polar surface area (TPSA) is 50.8 Å². The van der Waals surface area contributed by atoms with Crippen LogP contribution in [0, 0.1) is 0 Å². The van der Waals surface area contributed by atoms with Crippen molar-refractivity contribution in [3.05, 3.63) is 0 Å². The molecule has 0 rings (SSSR count). The van der Waals surface area contributed by atoms with E-state index in [0.29, 0.717) is 6.61 Å². The van der Waals surface area contributed by atoms with E-state index in [2.05, 4.69) is 14.1 Å². The molecule has 4 nitrogen and oxygen atoms in total. The van der Waals surface area contributed by atoms with Gasteiger partial charge in [-0.05, 0) is 6.92 Å². The molecule has 0 saturated carbocycles. The molecular weight excluding hydrogens is 154 g/mol. The summed E-state index contributed by atoms with van der Waals surface area (Å²) in [6, 6.07) is 0. The van der Waals surface area contributed by atoms with Gasteiger partial charge in [-0.3, -0.25) is 0 Å². The van der Waals surface area contributed by atoms with Crippen LogP contribution in [0.15, 0.2) is 0 Å². The standard InChI is InChI=1S/C3H8O4P.Na/c1-3-6-8(4)7-5-2;/h3H2,1-2H3;/q-1;+1. The second-order valence-corrected chi connectivity index (χ2v) is 1.74. The second-order valence-electron chi connectivity index (χ2n) is 0.883. The zero-order valence-corrected chi connectivity index (χ0v) is 8.68. The van der Waals surface area contributed by atoms with Crippen LogP contribution in [0.4, 0.5) is 0 Å². The monoisotopic (exact) mass is 162 g/mol. The Hall–Kier alpha value is 1.27. The molecule has 0 aliphatic rings. The van der Waals surface area contributed by atoms with Gasteiger partial charge in [0.1, 0.15) is 8.60 Å². The SMILES string of the molecule is CCOP([O-])OOC.[Na+]. The van der Waals surface area contributed by atoms with E-state index >= 15 is 0 Å². The maximum atomic E-state index is 10.2. The molecular formula is C3H8NaO4P. The summed E-state index contributed by atoms with van der Waals surface area (Å²) < 4.78 is 8.51. The summed E-state index contributed by atoms with van der Waals surface area (Å²) in [5.74, 6) is 0. The fourth-order valence-electron chi connectivity index (χ4n) is 0.188. The predicted octanol–water partition coefficient (Wildman–Crippen LogP) is -2.81. The van der Waals surface area contributed by atoms with Crippen molar-refractivity contribution >= 4 is 8.60 Å². The van der Waals surface area contributed by atoms with Gasteiger partial charge in [-0.1, -0.05) is 0 Å². The van der Waals surface area contributed by atoms with Crippen molar-refractivity contribution in [2.45, 2.75) is 6.92 Å². The molecule has 0 aliphatic carbocycles. The summed E-state index contributed by atoms with van der Waals surface area (Å²) in [6.45, 7) is 2.07. The van der Waals surface area contributed by atoms with Crippen molar-refractivity contribution in [2.24, 2.45) is 0 Å². The first-order chi connectivity index (χ1) is 3.81. The van der Waals surface area contributed by atoms with Crippen LogP contribution in [0.25, 0.3) is 0 Å². The van der Waals surface area contributed by atoms with Crippen molar-refractivity contribution in [3.8, 4) is 0 Å². The molecule has 0 aliphatic heterocycles. The molecule has 6 heteroatoms. The molecule has 0 aromatic carbocycles. The molecule has 0 bridgehead atoms. The maximum Gasteiger partial charge on any atom is 1.00 e. The van der Waals surface area contributed by atoms with E-state index in [0.717, 1.165) is 0 Å². The first kappa shape index (κ1) is 12.9. The quantitative estimate of drug-likeness (QED) is 0.194. The largest absolute Gasteiger partial charge is 1.00 e. The molecule has 0 aromatic heterocycles. The van der Waals surface area contributed by atoms with Crippen LogP contribution in [0.1, 0.15) is 6.92 Å². The molecule has 1 atom stereocenters. The minimum atomic E-state index is -2.05. The average Bonchev–Trinajstić information content (AvgIpc) is 1.68. The molecule has 1 unspecified atom stereocenters. The number of hydrogen-bond acceptors (Lipinski definition) is 4. The second kappa shape index (κ2) is 9.27. The fraction of sp³-hybridized carbons (Fsp3) is 1.00. The average molecular weight is 162 g/mol. The van der Waals surface area contributed by atoms with Crippen LogP contribution in [-0.2, 0) is 14.1 Å². The van der Waals surface area contributed by atoms with E-state index < -0.39 is 8.60 Å². The third-order valence-electron chi connectivity index (χ3n) is 0.370. The summed E-state index contributed by atoms with van der Waals surface area (Å²) in [5.41, 5.74) is 0. The summed E-state index contributed by atoms with van der Waals surface area (Å²) >= 11 is 0. The van der Waals surface area contributed by atoms with Crippen molar-refractivity contribution in [2.75, 3.05) is 13.7 Å². The van der Waals surface area contributed by atoms with E-state index in [1.165, 1.54) is 7.11 Å². The van der Waals surface area contributed by atoms with Crippen LogP contribution in [-0.4, -0.2) is 13.7 Å². The van der Waals surface area contributed by atoms with Crippen LogP contribution in [0.3, 0.4) is 0 Å². The minimum absolute atomic E-state index is 0. The Balaban J connectivity index is 0. The van der Waals surface area contributed by atoms with Crippen LogP contribution < -0.4 is 34.5 Å². The van der Waals surface area contributed by atoms with Gasteiger partial charge in [0.15, 0.2) is 0 Å². The summed E-state index contributed by atoms with van der Waals surface area (Å²) in [7, 11) is -0.783. The molecule has 0 radical (unpaired) electrons. The summed E-state index contributed by atoms with van der Waals surface area (Å²) in [5, 5.41) is 0. The van der Waals surface area contributed by atoms with Crippen molar-refractivity contribution in [3.63, 3.8) is 0 Å². The molecule has 0 spiro atoms. The Labute approximate surface area is 77.7 Å². The van der Waals surface area contributed by atoms with Crippen molar-refractivity contribution in [1.29, 1.82) is 0 Å². The Bertz CT molecular complexity index is 49.1. The Morgan fingerprint density at radius 3 is 2.44 bits per heavy atom. The van der Waals surface area contributed by atoms with Gasteiger partial charge in [0.05, 0.1) is 7.11 Å². The van der Waals surface area contributed by atoms with Gasteiger partial charge in [-0.15, -0.1) is 0 Å². The first-order valence-electron chi connectivity index (χ1n) is 2.12. The summed E-state index contributed by atoms with van der Waals surface area (Å²) in [6.07, 6.45) is 0. The van der Waals surface area contributed by atoms with E-state index in [1.54, 1.807) is 6.92 Å². The molecule has 9 heavy (non-hydrogen) atoms. The van der Waals surface area contributed by atoms with E-state index in [4.69, 9.17) is 0 Å². The Morgan fingerprint density at radius 2 is 2.11 bits per heavy atom. The molecule has 0 N–H and O–H groups in total. The molecule has 50 valence electrons. The van der Waals surface area contributed by atoms with Gasteiger partial charge in [0, 0.05) is 6.61 Å². The van der Waals surface area contributed by atoms with Crippen molar-refractivity contribution < 1.29 is 48.5 Å². The zero-order chi connectivity index (χ0) is 6.41. The minimum Gasteiger partial charge on any atom is -0.784 e. The van der Waals surface area contributed by atoms with Crippen LogP contribution in [0.2, 0.25) is 0 Å². The molecule has 0 amide bonds. The predicted molar refractivity (Wildman–Crippen MR) is 26.6 cm³/mol. The van der Waals surface area contributed by atoms with Crippen LogP contribution >= 0.6 is 8.60 Å². The maximum absolute atomic E-state index is 10.2. The fourth-order valence-corrected chi connectivity index (χ4v) is 0.563. The van der Waals surface area contributed by atoms with Crippen LogP contribution in [0.5, 0.6) is 0 Å². The van der Waals surface area contributed by atoms with Crippen molar-refractivity contribution in [1.82, 2.24) is 0 Å². The first-order valence-corrected chi connectivity index (χ1v) is 3.21. The number of hydrogen-bond donors (Lipinski definition) is 0. The smallest absolute Gasteiger partial charge is 0.784 e. The molecule has 0 heterocycles. The van der Waals surface area contributed by atoms with Gasteiger partial charge in [0.25, 0.3) is 0 Å². The summed E-state index contributed by atoms with van der Waals surface area (Å²) in [4.78, 5) is 14.3. The third kappa shape index (κ3) is 9.27. The van der Waals surface area contributed by atoms with Gasteiger partial charge >= 0.3 is 29.6 Å².